The van der Waals surface area contributed by atoms with Crippen LogP contribution in [0.3, 0.4) is 0 Å². The molecule has 0 unspecified atom stereocenters. The van der Waals surface area contributed by atoms with Gasteiger partial charge >= 0.3 is 0 Å². The van der Waals surface area contributed by atoms with Crippen LogP contribution < -0.4 is 10.6 Å². The second-order valence-corrected chi connectivity index (χ2v) is 4.90. The minimum atomic E-state index is -0.521. The van der Waals surface area contributed by atoms with Gasteiger partial charge in [0.25, 0.3) is 5.69 Å². The van der Waals surface area contributed by atoms with Gasteiger partial charge in [-0.2, -0.15) is 0 Å². The number of nitrogens with one attached hydrogen (secondary N) is 2. The molecule has 6 heteroatoms. The molecule has 0 aromatic heterocycles. The maximum Gasteiger partial charge on any atom is 0.293 e. The topological polar surface area (TPSA) is 84.3 Å². The lowest BCUT2D eigenvalue weighted by atomic mass is 10.2. The molecule has 23 heavy (non-hydrogen) atoms. The van der Waals surface area contributed by atoms with Crippen LogP contribution in [0.15, 0.2) is 42.5 Å². The fraction of sp³-hybridized carbons (Fsp3) is 0.118. The smallest absolute Gasteiger partial charge is 0.293 e. The lowest BCUT2D eigenvalue weighted by Gasteiger charge is -2.09. The van der Waals surface area contributed by atoms with E-state index in [0.29, 0.717) is 11.3 Å². The van der Waals surface area contributed by atoms with E-state index in [9.17, 15) is 14.9 Å². The van der Waals surface area contributed by atoms with Crippen LogP contribution in [0.4, 0.5) is 17.1 Å². The second-order valence-electron chi connectivity index (χ2n) is 4.90. The standard InChI is InChI=1S/C17H15N3O3/c1-3-13-5-4-6-14(10-13)18-11-17(21)19-15-8-7-12(2)9-16(15)20(22)23/h1,4-10,18H,11H2,2H3,(H,19,21). The third kappa shape index (κ3) is 4.32. The van der Waals surface area contributed by atoms with Gasteiger partial charge in [0.1, 0.15) is 5.69 Å². The number of nitrogens with zero attached hydrogens (tertiary/aromatic N) is 1. The largest absolute Gasteiger partial charge is 0.376 e. The first kappa shape index (κ1) is 16.0. The first-order valence-corrected chi connectivity index (χ1v) is 6.85. The highest BCUT2D eigenvalue weighted by Gasteiger charge is 2.15. The van der Waals surface area contributed by atoms with E-state index in [1.807, 2.05) is 0 Å². The molecule has 0 radical (unpaired) electrons. The van der Waals surface area contributed by atoms with Gasteiger partial charge in [0, 0.05) is 17.3 Å². The number of carbonyl (C=O) groups is 1. The van der Waals surface area contributed by atoms with Crippen molar-refractivity contribution in [1.82, 2.24) is 0 Å². The number of amides is 1. The van der Waals surface area contributed by atoms with Crippen molar-refractivity contribution >= 4 is 23.0 Å². The predicted molar refractivity (Wildman–Crippen MR) is 89.3 cm³/mol. The summed E-state index contributed by atoms with van der Waals surface area (Å²) in [4.78, 5) is 22.5. The number of terminal acetylenes is 1. The maximum absolute atomic E-state index is 12.0. The van der Waals surface area contributed by atoms with Crippen LogP contribution in [0.2, 0.25) is 0 Å². The van der Waals surface area contributed by atoms with Gasteiger partial charge < -0.3 is 10.6 Å². The van der Waals surface area contributed by atoms with Crippen LogP contribution in [0.1, 0.15) is 11.1 Å². The van der Waals surface area contributed by atoms with Gasteiger partial charge in [0.2, 0.25) is 5.91 Å². The minimum Gasteiger partial charge on any atom is -0.376 e. The lowest BCUT2D eigenvalue weighted by Crippen LogP contribution is -2.22. The van der Waals surface area contributed by atoms with Crippen LogP contribution in [-0.2, 0) is 4.79 Å². The summed E-state index contributed by atoms with van der Waals surface area (Å²) < 4.78 is 0. The summed E-state index contributed by atoms with van der Waals surface area (Å²) in [7, 11) is 0. The highest BCUT2D eigenvalue weighted by molar-refractivity contribution is 5.95. The van der Waals surface area contributed by atoms with E-state index in [4.69, 9.17) is 6.42 Å². The highest BCUT2D eigenvalue weighted by atomic mass is 16.6. The lowest BCUT2D eigenvalue weighted by molar-refractivity contribution is -0.384. The molecule has 0 atom stereocenters. The van der Waals surface area contributed by atoms with Crippen molar-refractivity contribution < 1.29 is 9.72 Å². The molecule has 0 aliphatic carbocycles. The molecular formula is C17H15N3O3. The average molecular weight is 309 g/mol. The van der Waals surface area contributed by atoms with E-state index in [-0.39, 0.29) is 23.8 Å². The Morgan fingerprint density at radius 1 is 1.30 bits per heavy atom. The van der Waals surface area contributed by atoms with E-state index in [0.717, 1.165) is 5.56 Å². The number of nitro groups is 1. The summed E-state index contributed by atoms with van der Waals surface area (Å²) in [5.41, 5.74) is 2.19. The van der Waals surface area contributed by atoms with Gasteiger partial charge in [0.15, 0.2) is 0 Å². The Bertz CT molecular complexity index is 794. The molecule has 0 aliphatic heterocycles. The first-order valence-electron chi connectivity index (χ1n) is 6.85. The first-order chi connectivity index (χ1) is 11.0. The zero-order valence-corrected chi connectivity index (χ0v) is 12.5. The zero-order valence-electron chi connectivity index (χ0n) is 12.5. The summed E-state index contributed by atoms with van der Waals surface area (Å²) >= 11 is 0. The van der Waals surface area contributed by atoms with Gasteiger partial charge in [-0.15, -0.1) is 6.42 Å². The summed E-state index contributed by atoms with van der Waals surface area (Å²) in [6.07, 6.45) is 5.31. The Hall–Kier alpha value is -3.33. The molecule has 2 aromatic carbocycles. The van der Waals surface area contributed by atoms with Crippen molar-refractivity contribution in [2.45, 2.75) is 6.92 Å². The van der Waals surface area contributed by atoms with Crippen molar-refractivity contribution in [2.75, 3.05) is 17.2 Å². The molecule has 2 aromatic rings. The molecule has 1 amide bonds. The molecule has 0 saturated heterocycles. The highest BCUT2D eigenvalue weighted by Crippen LogP contribution is 2.25. The molecule has 2 rings (SSSR count). The van der Waals surface area contributed by atoms with Crippen molar-refractivity contribution in [3.05, 3.63) is 63.7 Å². The predicted octanol–water partition coefficient (Wildman–Crippen LogP) is 2.94. The molecule has 0 saturated carbocycles. The fourth-order valence-corrected chi connectivity index (χ4v) is 1.99. The number of hydrogen-bond donors (Lipinski definition) is 2. The number of hydrogen-bond acceptors (Lipinski definition) is 4. The Morgan fingerprint density at radius 3 is 2.78 bits per heavy atom. The Labute approximate surface area is 133 Å². The maximum atomic E-state index is 12.0. The molecule has 116 valence electrons. The van der Waals surface area contributed by atoms with Gasteiger partial charge in [-0.3, -0.25) is 14.9 Å². The number of rotatable bonds is 5. The Morgan fingerprint density at radius 2 is 2.09 bits per heavy atom. The molecule has 0 heterocycles. The van der Waals surface area contributed by atoms with Crippen LogP contribution in [0.25, 0.3) is 0 Å². The molecular weight excluding hydrogens is 294 g/mol. The van der Waals surface area contributed by atoms with Crippen LogP contribution in [0.5, 0.6) is 0 Å². The van der Waals surface area contributed by atoms with E-state index in [1.54, 1.807) is 37.3 Å². The van der Waals surface area contributed by atoms with Gasteiger partial charge in [-0.25, -0.2) is 0 Å². The summed E-state index contributed by atoms with van der Waals surface area (Å²) in [6.45, 7) is 1.72. The Balaban J connectivity index is 2.03. The Kier molecular flexibility index (Phi) is 4.95. The third-order valence-electron chi connectivity index (χ3n) is 3.11. The molecule has 0 spiro atoms. The summed E-state index contributed by atoms with van der Waals surface area (Å²) in [5, 5.41) is 16.5. The summed E-state index contributed by atoms with van der Waals surface area (Å²) in [6, 6.07) is 11.7. The number of anilines is 2. The molecule has 0 aliphatic rings. The molecule has 0 fully saturated rings. The molecule has 2 N–H and O–H groups in total. The minimum absolute atomic E-state index is 0.0287. The van der Waals surface area contributed by atoms with Crippen LogP contribution in [0, 0.1) is 29.4 Å². The van der Waals surface area contributed by atoms with Crippen molar-refractivity contribution in [1.29, 1.82) is 0 Å². The van der Waals surface area contributed by atoms with Crippen molar-refractivity contribution in [2.24, 2.45) is 0 Å². The number of aryl methyl sites for hydroxylation is 1. The summed E-state index contributed by atoms with van der Waals surface area (Å²) in [5.74, 6) is 2.12. The van der Waals surface area contributed by atoms with Crippen molar-refractivity contribution in [3.63, 3.8) is 0 Å². The van der Waals surface area contributed by atoms with Gasteiger partial charge in [-0.05, 0) is 36.8 Å². The SMILES string of the molecule is C#Cc1cccc(NCC(=O)Nc2ccc(C)cc2[N+](=O)[O-])c1. The fourth-order valence-electron chi connectivity index (χ4n) is 1.99. The van der Waals surface area contributed by atoms with E-state index in [2.05, 4.69) is 16.6 Å². The van der Waals surface area contributed by atoms with Gasteiger partial charge in [0.05, 0.1) is 11.5 Å². The monoisotopic (exact) mass is 309 g/mol. The van der Waals surface area contributed by atoms with E-state index in [1.165, 1.54) is 12.1 Å². The van der Waals surface area contributed by atoms with Gasteiger partial charge in [-0.1, -0.05) is 18.1 Å². The zero-order chi connectivity index (χ0) is 16.8. The van der Waals surface area contributed by atoms with E-state index < -0.39 is 4.92 Å². The van der Waals surface area contributed by atoms with Crippen LogP contribution in [-0.4, -0.2) is 17.4 Å². The number of carbonyl (C=O) groups excluding carboxylic acids is 1. The average Bonchev–Trinajstić information content (AvgIpc) is 2.54. The quantitative estimate of drug-likeness (QED) is 0.505. The second kappa shape index (κ2) is 7.09. The normalized spacial score (nSPS) is 9.74. The number of benzene rings is 2. The molecule has 6 nitrogen and oxygen atoms in total. The molecule has 0 bridgehead atoms. The van der Waals surface area contributed by atoms with Crippen LogP contribution >= 0.6 is 0 Å². The van der Waals surface area contributed by atoms with Crippen molar-refractivity contribution in [3.8, 4) is 12.3 Å². The number of nitro benzene ring substituents is 1. The van der Waals surface area contributed by atoms with E-state index >= 15 is 0 Å². The third-order valence-corrected chi connectivity index (χ3v) is 3.11.